The van der Waals surface area contributed by atoms with Crippen LogP contribution in [-0.4, -0.2) is 50.8 Å². The predicted molar refractivity (Wildman–Crippen MR) is 88.8 cm³/mol. The molecule has 1 aromatic heterocycles. The number of benzene rings is 1. The van der Waals surface area contributed by atoms with E-state index in [-0.39, 0.29) is 18.3 Å². The van der Waals surface area contributed by atoms with Gasteiger partial charge in [-0.3, -0.25) is 0 Å². The number of hydrogen-bond donors (Lipinski definition) is 2. The fraction of sp³-hybridized carbons (Fsp3) is 0.312. The van der Waals surface area contributed by atoms with Gasteiger partial charge in [0.25, 0.3) is 0 Å². The quantitative estimate of drug-likeness (QED) is 0.826. The Balaban J connectivity index is 1.94. The molecule has 1 aliphatic rings. The number of carbonyl (C=O) groups excluding carboxylic acids is 1. The molecule has 2 N–H and O–H groups in total. The summed E-state index contributed by atoms with van der Waals surface area (Å²) in [6.07, 6.45) is 0.540. The molecule has 24 heavy (non-hydrogen) atoms. The number of nitrogens with one attached hydrogen (secondary N) is 1. The molecule has 1 aliphatic heterocycles. The van der Waals surface area contributed by atoms with Gasteiger partial charge in [-0.05, 0) is 12.1 Å². The highest BCUT2D eigenvalue weighted by Crippen LogP contribution is 2.25. The molecule has 0 atom stereocenters. The first-order chi connectivity index (χ1) is 11.6. The number of halogens is 1. The fourth-order valence-electron chi connectivity index (χ4n) is 2.81. The first-order valence-corrected chi connectivity index (χ1v) is 8.13. The molecule has 126 valence electrons. The second kappa shape index (κ2) is 6.92. The number of urea groups is 1. The molecule has 0 spiro atoms. The van der Waals surface area contributed by atoms with Gasteiger partial charge in [0.15, 0.2) is 5.69 Å². The summed E-state index contributed by atoms with van der Waals surface area (Å²) in [5, 5.41) is 16.4. The molecule has 0 saturated heterocycles. The molecule has 0 bridgehead atoms. The van der Waals surface area contributed by atoms with Crippen LogP contribution in [0.1, 0.15) is 21.7 Å². The lowest BCUT2D eigenvalue weighted by Crippen LogP contribution is -2.43. The lowest BCUT2D eigenvalue weighted by atomic mass is 10.1. The second-order valence-electron chi connectivity index (χ2n) is 5.42. The maximum absolute atomic E-state index is 12.1. The summed E-state index contributed by atoms with van der Waals surface area (Å²) in [6, 6.07) is 9.14. The molecular formula is C16H17ClN4O3. The van der Waals surface area contributed by atoms with E-state index in [1.54, 1.807) is 9.58 Å². The summed E-state index contributed by atoms with van der Waals surface area (Å²) in [7, 11) is 0. The summed E-state index contributed by atoms with van der Waals surface area (Å²) in [5.74, 6) is -0.763. The predicted octanol–water partition coefficient (Wildman–Crippen LogP) is 1.88. The van der Waals surface area contributed by atoms with E-state index >= 15 is 0 Å². The van der Waals surface area contributed by atoms with Crippen molar-refractivity contribution in [3.8, 4) is 5.69 Å². The Morgan fingerprint density at radius 3 is 2.71 bits per heavy atom. The number of aromatic carboxylic acids is 1. The van der Waals surface area contributed by atoms with Crippen LogP contribution >= 0.6 is 11.6 Å². The van der Waals surface area contributed by atoms with Crippen molar-refractivity contribution in [2.45, 2.75) is 13.0 Å². The van der Waals surface area contributed by atoms with Crippen molar-refractivity contribution >= 4 is 23.6 Å². The Hall–Kier alpha value is -2.54. The van der Waals surface area contributed by atoms with Gasteiger partial charge >= 0.3 is 12.0 Å². The summed E-state index contributed by atoms with van der Waals surface area (Å²) < 4.78 is 1.66. The van der Waals surface area contributed by atoms with Crippen molar-refractivity contribution in [3.05, 3.63) is 47.3 Å². The molecule has 0 unspecified atom stereocenters. The summed E-state index contributed by atoms with van der Waals surface area (Å²) in [6.45, 7) is 1.09. The van der Waals surface area contributed by atoms with Crippen molar-refractivity contribution < 1.29 is 14.7 Å². The lowest BCUT2D eigenvalue weighted by Gasteiger charge is -2.27. The average Bonchev–Trinajstić information content (AvgIpc) is 2.99. The first-order valence-electron chi connectivity index (χ1n) is 7.60. The smallest absolute Gasteiger partial charge is 0.356 e. The van der Waals surface area contributed by atoms with Gasteiger partial charge < -0.3 is 15.3 Å². The number of fused-ring (bicyclic) bond motifs is 1. The Morgan fingerprint density at radius 2 is 2.04 bits per heavy atom. The molecule has 2 aromatic rings. The van der Waals surface area contributed by atoms with Crippen molar-refractivity contribution in [2.75, 3.05) is 19.0 Å². The molecular weight excluding hydrogens is 332 g/mol. The normalized spacial score (nSPS) is 13.5. The number of aromatic nitrogens is 2. The number of amides is 2. The molecule has 2 heterocycles. The monoisotopic (exact) mass is 348 g/mol. The zero-order valence-electron chi connectivity index (χ0n) is 12.9. The minimum Gasteiger partial charge on any atom is -0.476 e. The minimum absolute atomic E-state index is 0.0105. The third-order valence-electron chi connectivity index (χ3n) is 3.92. The van der Waals surface area contributed by atoms with Gasteiger partial charge in [-0.25, -0.2) is 14.3 Å². The van der Waals surface area contributed by atoms with Gasteiger partial charge in [-0.2, -0.15) is 5.10 Å². The number of para-hydroxylation sites is 1. The van der Waals surface area contributed by atoms with Crippen molar-refractivity contribution in [1.82, 2.24) is 20.0 Å². The fourth-order valence-corrected chi connectivity index (χ4v) is 2.91. The maximum Gasteiger partial charge on any atom is 0.356 e. The van der Waals surface area contributed by atoms with E-state index in [1.165, 1.54) is 0 Å². The van der Waals surface area contributed by atoms with Crippen LogP contribution in [0.2, 0.25) is 0 Å². The van der Waals surface area contributed by atoms with E-state index in [0.717, 1.165) is 11.4 Å². The minimum atomic E-state index is -1.09. The molecule has 0 saturated carbocycles. The highest BCUT2D eigenvalue weighted by Gasteiger charge is 2.30. The topological polar surface area (TPSA) is 87.5 Å². The third-order valence-corrected chi connectivity index (χ3v) is 4.11. The number of hydrogen-bond acceptors (Lipinski definition) is 3. The highest BCUT2D eigenvalue weighted by molar-refractivity contribution is 6.18. The van der Waals surface area contributed by atoms with Crippen LogP contribution < -0.4 is 5.32 Å². The Labute approximate surface area is 143 Å². The largest absolute Gasteiger partial charge is 0.476 e. The summed E-state index contributed by atoms with van der Waals surface area (Å²) >= 11 is 5.58. The van der Waals surface area contributed by atoms with Crippen LogP contribution in [0.5, 0.6) is 0 Å². The molecule has 1 aromatic carbocycles. The summed E-state index contributed by atoms with van der Waals surface area (Å²) in [5.41, 5.74) is 2.21. The van der Waals surface area contributed by atoms with E-state index in [9.17, 15) is 14.7 Å². The van der Waals surface area contributed by atoms with E-state index < -0.39 is 5.97 Å². The number of carboxylic acids is 1. The maximum atomic E-state index is 12.1. The number of nitrogens with zero attached hydrogens (tertiary/aromatic N) is 3. The van der Waals surface area contributed by atoms with Crippen LogP contribution in [-0.2, 0) is 13.0 Å². The van der Waals surface area contributed by atoms with E-state index in [1.807, 2.05) is 30.3 Å². The number of alkyl halides is 1. The van der Waals surface area contributed by atoms with Crippen molar-refractivity contribution in [3.63, 3.8) is 0 Å². The van der Waals surface area contributed by atoms with Gasteiger partial charge in [0, 0.05) is 31.0 Å². The summed E-state index contributed by atoms with van der Waals surface area (Å²) in [4.78, 5) is 25.2. The Kier molecular flexibility index (Phi) is 4.71. The Bertz CT molecular complexity index is 760. The zero-order valence-corrected chi connectivity index (χ0v) is 13.7. The van der Waals surface area contributed by atoms with Gasteiger partial charge in [0.2, 0.25) is 0 Å². The molecule has 8 heteroatoms. The van der Waals surface area contributed by atoms with E-state index in [0.29, 0.717) is 31.0 Å². The van der Waals surface area contributed by atoms with Crippen LogP contribution in [0.3, 0.4) is 0 Å². The average molecular weight is 349 g/mol. The second-order valence-corrected chi connectivity index (χ2v) is 5.80. The molecule has 0 fully saturated rings. The molecule has 7 nitrogen and oxygen atoms in total. The van der Waals surface area contributed by atoms with Crippen molar-refractivity contribution in [1.29, 1.82) is 0 Å². The molecule has 0 radical (unpaired) electrons. The first kappa shape index (κ1) is 16.3. The van der Waals surface area contributed by atoms with E-state index in [4.69, 9.17) is 11.6 Å². The molecule has 2 amide bonds. The molecule has 3 rings (SSSR count). The zero-order chi connectivity index (χ0) is 17.1. The number of carboxylic acid groups (broad SMARTS) is 1. The van der Waals surface area contributed by atoms with Gasteiger partial charge in [-0.15, -0.1) is 11.6 Å². The lowest BCUT2D eigenvalue weighted by molar-refractivity contribution is 0.0687. The van der Waals surface area contributed by atoms with Crippen LogP contribution in [0.25, 0.3) is 5.69 Å². The highest BCUT2D eigenvalue weighted by atomic mass is 35.5. The van der Waals surface area contributed by atoms with E-state index in [2.05, 4.69) is 10.4 Å². The third kappa shape index (κ3) is 3.07. The van der Waals surface area contributed by atoms with Crippen LogP contribution in [0.4, 0.5) is 4.79 Å². The Morgan fingerprint density at radius 1 is 1.29 bits per heavy atom. The van der Waals surface area contributed by atoms with Gasteiger partial charge in [0.05, 0.1) is 17.9 Å². The SMILES string of the molecule is O=C(O)c1nn(-c2ccccc2)c2c1CN(C(=O)NCCCl)CC2. The standard InChI is InChI=1S/C16H17ClN4O3/c17-7-8-18-16(24)20-9-6-13-12(10-20)14(15(22)23)19-21(13)11-4-2-1-3-5-11/h1-5H,6-10H2,(H,18,24)(H,22,23). The number of rotatable bonds is 4. The number of carbonyl (C=O) groups is 2. The van der Waals surface area contributed by atoms with Crippen LogP contribution in [0, 0.1) is 0 Å². The molecule has 0 aliphatic carbocycles. The van der Waals surface area contributed by atoms with Gasteiger partial charge in [-0.1, -0.05) is 18.2 Å². The van der Waals surface area contributed by atoms with Crippen LogP contribution in [0.15, 0.2) is 30.3 Å². The van der Waals surface area contributed by atoms with Crippen molar-refractivity contribution in [2.24, 2.45) is 0 Å². The van der Waals surface area contributed by atoms with Gasteiger partial charge in [0.1, 0.15) is 0 Å².